The largest absolute Gasteiger partial charge is 0.381 e. The third kappa shape index (κ3) is 1.36. The first-order valence-electron chi connectivity index (χ1n) is 2.80. The van der Waals surface area contributed by atoms with Crippen LogP contribution >= 0.6 is 0 Å². The van der Waals surface area contributed by atoms with Gasteiger partial charge >= 0.3 is 0 Å². The minimum absolute atomic E-state index is 0.108. The molecule has 0 spiro atoms. The Kier molecular flexibility index (Phi) is 1.96. The summed E-state index contributed by atoms with van der Waals surface area (Å²) in [6.07, 6.45) is 0. The predicted octanol–water partition coefficient (Wildman–Crippen LogP) is -1.05. The molecule has 5 nitrogen and oxygen atoms in total. The summed E-state index contributed by atoms with van der Waals surface area (Å²) in [7, 11) is 0. The smallest absolute Gasteiger partial charge is 0.0984 e. The van der Waals surface area contributed by atoms with Crippen LogP contribution in [-0.4, -0.2) is 35.9 Å². The third-order valence-corrected chi connectivity index (χ3v) is 1.37. The van der Waals surface area contributed by atoms with Gasteiger partial charge in [0.1, 0.15) is 0 Å². The first-order chi connectivity index (χ1) is 4.36. The fraction of sp³-hybridized carbons (Fsp3) is 1.00. The summed E-state index contributed by atoms with van der Waals surface area (Å²) < 4.78 is 0. The van der Waals surface area contributed by atoms with Crippen molar-refractivity contribution in [2.75, 3.05) is 19.8 Å². The van der Waals surface area contributed by atoms with E-state index >= 15 is 0 Å². The normalized spacial score (nSPS) is 22.8. The molecule has 1 rings (SSSR count). The molecule has 0 aromatic heterocycles. The number of aliphatic hydroxyl groups is 1. The number of hydrogen-bond donors (Lipinski definition) is 2. The zero-order valence-corrected chi connectivity index (χ0v) is 5.06. The van der Waals surface area contributed by atoms with Crippen LogP contribution in [0.1, 0.15) is 0 Å². The molecule has 52 valence electrons. The highest BCUT2D eigenvalue weighted by molar-refractivity contribution is 4.82. The van der Waals surface area contributed by atoms with E-state index in [1.54, 1.807) is 0 Å². The van der Waals surface area contributed by atoms with Gasteiger partial charge in [0.2, 0.25) is 0 Å². The van der Waals surface area contributed by atoms with Crippen molar-refractivity contribution in [3.8, 4) is 0 Å². The fourth-order valence-corrected chi connectivity index (χ4v) is 0.825. The summed E-state index contributed by atoms with van der Waals surface area (Å²) in [5, 5.41) is 15.3. The summed E-state index contributed by atoms with van der Waals surface area (Å²) in [6, 6.07) is 0.210. The zero-order chi connectivity index (χ0) is 6.69. The predicted molar refractivity (Wildman–Crippen MR) is 31.5 cm³/mol. The minimum Gasteiger partial charge on any atom is -0.381 e. The highest BCUT2D eigenvalue weighted by Gasteiger charge is 2.25. The second kappa shape index (κ2) is 2.75. The first-order valence-corrected chi connectivity index (χ1v) is 2.80. The molecule has 5 heteroatoms. The summed E-state index contributed by atoms with van der Waals surface area (Å²) >= 11 is 0. The van der Waals surface area contributed by atoms with E-state index < -0.39 is 0 Å². The topological polar surface area (TPSA) is 74.2 Å². The van der Waals surface area contributed by atoms with Crippen LogP contribution < -0.4 is 5.84 Å². The molecule has 1 fully saturated rings. The van der Waals surface area contributed by atoms with Gasteiger partial charge in [0.25, 0.3) is 0 Å². The van der Waals surface area contributed by atoms with Crippen LogP contribution in [0.5, 0.6) is 0 Å². The molecular formula is C4H10N4O. The van der Waals surface area contributed by atoms with Crippen LogP contribution in [0, 0.1) is 0 Å². The Bertz CT molecular complexity index is 109. The molecule has 0 amide bonds. The quantitative estimate of drug-likeness (QED) is 0.284. The van der Waals surface area contributed by atoms with E-state index in [1.807, 2.05) is 4.90 Å². The Morgan fingerprint density at radius 3 is 2.78 bits per heavy atom. The van der Waals surface area contributed by atoms with E-state index in [4.69, 9.17) is 10.9 Å². The lowest BCUT2D eigenvalue weighted by atomic mass is 10.1. The fourth-order valence-electron chi connectivity index (χ4n) is 0.825. The van der Waals surface area contributed by atoms with Gasteiger partial charge < -0.3 is 10.9 Å². The van der Waals surface area contributed by atoms with Crippen LogP contribution in [0.4, 0.5) is 0 Å². The van der Waals surface area contributed by atoms with Crippen LogP contribution in [0.25, 0.3) is 0 Å². The van der Waals surface area contributed by atoms with Crippen LogP contribution in [0.2, 0.25) is 0 Å². The lowest BCUT2D eigenvalue weighted by molar-refractivity contribution is 0.0410. The number of rotatable bonds is 2. The zero-order valence-electron chi connectivity index (χ0n) is 5.06. The highest BCUT2D eigenvalue weighted by atomic mass is 16.3. The molecule has 3 N–H and O–H groups in total. The van der Waals surface area contributed by atoms with E-state index in [0.717, 1.165) is 13.1 Å². The van der Waals surface area contributed by atoms with Crippen molar-refractivity contribution in [2.45, 2.75) is 6.04 Å². The average Bonchev–Trinajstić information content (AvgIpc) is 1.77. The SMILES string of the molecule is NN=NC1CN(CO)C1. The van der Waals surface area contributed by atoms with Gasteiger partial charge in [-0.1, -0.05) is 5.22 Å². The van der Waals surface area contributed by atoms with Gasteiger partial charge in [-0.3, -0.25) is 4.90 Å². The Balaban J connectivity index is 2.12. The molecule has 0 unspecified atom stereocenters. The molecule has 1 aliphatic rings. The monoisotopic (exact) mass is 130 g/mol. The van der Waals surface area contributed by atoms with E-state index in [0.29, 0.717) is 0 Å². The highest BCUT2D eigenvalue weighted by Crippen LogP contribution is 2.08. The molecule has 0 saturated carbocycles. The van der Waals surface area contributed by atoms with E-state index in [9.17, 15) is 0 Å². The number of aliphatic hydroxyl groups excluding tert-OH is 1. The van der Waals surface area contributed by atoms with Gasteiger partial charge in [-0.15, -0.1) is 0 Å². The minimum atomic E-state index is 0.108. The summed E-state index contributed by atoms with van der Waals surface area (Å²) in [5.41, 5.74) is 0. The first kappa shape index (κ1) is 6.44. The van der Waals surface area contributed by atoms with E-state index in [-0.39, 0.29) is 12.8 Å². The number of nitrogens with two attached hydrogens (primary N) is 1. The molecule has 0 radical (unpaired) electrons. The van der Waals surface area contributed by atoms with Gasteiger partial charge in [-0.05, 0) is 0 Å². The van der Waals surface area contributed by atoms with Gasteiger partial charge in [0.05, 0.1) is 12.8 Å². The van der Waals surface area contributed by atoms with Crippen molar-refractivity contribution in [2.24, 2.45) is 16.2 Å². The number of likely N-dealkylation sites (tertiary alicyclic amines) is 1. The van der Waals surface area contributed by atoms with Gasteiger partial charge in [-0.25, -0.2) is 0 Å². The maximum Gasteiger partial charge on any atom is 0.0984 e. The van der Waals surface area contributed by atoms with Crippen LogP contribution in [0.15, 0.2) is 10.3 Å². The van der Waals surface area contributed by atoms with Crippen molar-refractivity contribution >= 4 is 0 Å². The average molecular weight is 130 g/mol. The Morgan fingerprint density at radius 2 is 2.33 bits per heavy atom. The molecule has 0 aromatic rings. The summed E-state index contributed by atoms with van der Waals surface area (Å²) in [4.78, 5) is 1.85. The number of nitrogens with zero attached hydrogens (tertiary/aromatic N) is 3. The molecule has 0 aromatic carbocycles. The molecule has 1 heterocycles. The lowest BCUT2D eigenvalue weighted by Gasteiger charge is -2.33. The second-order valence-corrected chi connectivity index (χ2v) is 2.06. The molecule has 0 aliphatic carbocycles. The van der Waals surface area contributed by atoms with E-state index in [2.05, 4.69) is 10.3 Å². The van der Waals surface area contributed by atoms with Crippen molar-refractivity contribution < 1.29 is 5.11 Å². The second-order valence-electron chi connectivity index (χ2n) is 2.06. The summed E-state index contributed by atoms with van der Waals surface area (Å²) in [6.45, 7) is 1.66. The molecule has 9 heavy (non-hydrogen) atoms. The van der Waals surface area contributed by atoms with Crippen molar-refractivity contribution in [1.82, 2.24) is 4.90 Å². The lowest BCUT2D eigenvalue weighted by Crippen LogP contribution is -2.49. The Labute approximate surface area is 53.1 Å². The summed E-state index contributed by atoms with van der Waals surface area (Å²) in [5.74, 6) is 4.80. The van der Waals surface area contributed by atoms with Crippen molar-refractivity contribution in [3.05, 3.63) is 0 Å². The Hall–Kier alpha value is -0.680. The molecular weight excluding hydrogens is 120 g/mol. The van der Waals surface area contributed by atoms with Gasteiger partial charge in [0.15, 0.2) is 0 Å². The maximum atomic E-state index is 8.49. The van der Waals surface area contributed by atoms with Crippen LogP contribution in [0.3, 0.4) is 0 Å². The van der Waals surface area contributed by atoms with Crippen LogP contribution in [-0.2, 0) is 0 Å². The van der Waals surface area contributed by atoms with E-state index in [1.165, 1.54) is 0 Å². The molecule has 1 aliphatic heterocycles. The molecule has 0 atom stereocenters. The Morgan fingerprint density at radius 1 is 1.67 bits per heavy atom. The van der Waals surface area contributed by atoms with Crippen molar-refractivity contribution in [1.29, 1.82) is 0 Å². The van der Waals surface area contributed by atoms with Crippen molar-refractivity contribution in [3.63, 3.8) is 0 Å². The maximum absolute atomic E-state index is 8.49. The van der Waals surface area contributed by atoms with Gasteiger partial charge in [0, 0.05) is 13.1 Å². The van der Waals surface area contributed by atoms with Gasteiger partial charge in [-0.2, -0.15) is 5.11 Å². The molecule has 0 bridgehead atoms. The third-order valence-electron chi connectivity index (χ3n) is 1.37. The molecule has 1 saturated heterocycles. The standard InChI is InChI=1S/C4H10N4O/c5-7-6-4-1-8(2-4)3-9/h4,9H,1-3H2,(H2,5,6). The number of hydrogen-bond acceptors (Lipinski definition) is 4.